The highest BCUT2D eigenvalue weighted by molar-refractivity contribution is 7.02. The molecule has 0 spiro atoms. The highest BCUT2D eigenvalue weighted by Gasteiger charge is 1.87. The van der Waals surface area contributed by atoms with Gasteiger partial charge in [-0.3, -0.25) is 0 Å². The summed E-state index contributed by atoms with van der Waals surface area (Å²) in [6.07, 6.45) is 0. The molecule has 0 aliphatic rings. The minimum atomic E-state index is -1.18. The van der Waals surface area contributed by atoms with Gasteiger partial charge in [0.05, 0.1) is 0 Å². The van der Waals surface area contributed by atoms with E-state index in [2.05, 4.69) is 4.43 Å². The third-order valence-corrected chi connectivity index (χ3v) is 1.51. The molecule has 0 aromatic heterocycles. The van der Waals surface area contributed by atoms with Gasteiger partial charge in [0, 0.05) is 7.11 Å². The van der Waals surface area contributed by atoms with Crippen LogP contribution < -0.4 is 0 Å². The average Bonchev–Trinajstić information content (AvgIpc) is 1.38. The van der Waals surface area contributed by atoms with Crippen molar-refractivity contribution in [3.05, 3.63) is 0 Å². The second-order valence-electron chi connectivity index (χ2n) is 0.779. The van der Waals surface area contributed by atoms with E-state index >= 15 is 0 Å². The van der Waals surface area contributed by atoms with Crippen LogP contribution in [0, 0.1) is 0 Å². The van der Waals surface area contributed by atoms with E-state index in [4.69, 9.17) is 11.1 Å². The van der Waals surface area contributed by atoms with Gasteiger partial charge in [0.2, 0.25) is 0 Å². The number of hydrogen-bond acceptors (Lipinski definition) is 1. The van der Waals surface area contributed by atoms with Gasteiger partial charge in [0.1, 0.15) is 0 Å². The smallest absolute Gasteiger partial charge is 0.270 e. The van der Waals surface area contributed by atoms with E-state index in [1.54, 1.807) is 7.11 Å². The van der Waals surface area contributed by atoms with Gasteiger partial charge in [-0.05, 0) is 6.55 Å². The molecule has 0 amide bonds. The molecule has 0 aromatic carbocycles. The van der Waals surface area contributed by atoms with E-state index in [1.165, 1.54) is 0 Å². The molecule has 0 radical (unpaired) electrons. The van der Waals surface area contributed by atoms with Gasteiger partial charge >= 0.3 is 0 Å². The Morgan fingerprint density at radius 2 is 1.57 bits per heavy atom. The predicted octanol–water partition coefficient (Wildman–Crippen LogP) is 1.99. The van der Waals surface area contributed by atoms with Gasteiger partial charge < -0.3 is 4.43 Å². The molecule has 48 valence electrons. The lowest BCUT2D eigenvalue weighted by atomic mass is 11.8. The molecule has 1 unspecified atom stereocenters. The Labute approximate surface area is 53.1 Å². The molecule has 0 N–H and O–H groups in total. The standard InChI is InChI=1S/C2H7ClOSi.2CH4/c1-4-5(2)3;;/h5H,1-2H3;2*1H4. The summed E-state index contributed by atoms with van der Waals surface area (Å²) in [7, 11) is 0.451. The van der Waals surface area contributed by atoms with Crippen molar-refractivity contribution in [1.29, 1.82) is 0 Å². The van der Waals surface area contributed by atoms with Gasteiger partial charge in [0.15, 0.2) is 0 Å². The second kappa shape index (κ2) is 9.69. The first kappa shape index (κ1) is 15.7. The van der Waals surface area contributed by atoms with Crippen LogP contribution in [-0.4, -0.2) is 15.5 Å². The normalized spacial score (nSPS) is 10.7. The average molecular weight is 143 g/mol. The van der Waals surface area contributed by atoms with Crippen LogP contribution in [0.25, 0.3) is 0 Å². The summed E-state index contributed by atoms with van der Waals surface area (Å²) in [5.41, 5.74) is 0. The summed E-state index contributed by atoms with van der Waals surface area (Å²) in [6.45, 7) is 1.90. The number of rotatable bonds is 1. The van der Waals surface area contributed by atoms with Gasteiger partial charge in [-0.1, -0.05) is 14.9 Å². The Morgan fingerprint density at radius 3 is 1.57 bits per heavy atom. The molecule has 1 nitrogen and oxygen atoms in total. The summed E-state index contributed by atoms with van der Waals surface area (Å²) in [5.74, 6) is 0. The maximum absolute atomic E-state index is 5.38. The molecule has 0 saturated carbocycles. The summed E-state index contributed by atoms with van der Waals surface area (Å²) in [6, 6.07) is 0. The Morgan fingerprint density at radius 1 is 1.43 bits per heavy atom. The van der Waals surface area contributed by atoms with Crippen LogP contribution in [0.15, 0.2) is 0 Å². The molecular weight excluding hydrogens is 128 g/mol. The third kappa shape index (κ3) is 21.2. The van der Waals surface area contributed by atoms with Crippen LogP contribution in [-0.2, 0) is 4.43 Å². The van der Waals surface area contributed by atoms with Crippen molar-refractivity contribution < 1.29 is 4.43 Å². The monoisotopic (exact) mass is 142 g/mol. The van der Waals surface area contributed by atoms with Crippen molar-refractivity contribution in [1.82, 2.24) is 0 Å². The molecule has 7 heavy (non-hydrogen) atoms. The molecule has 0 aliphatic carbocycles. The summed E-state index contributed by atoms with van der Waals surface area (Å²) in [5, 5.41) is 0. The largest absolute Gasteiger partial charge is 0.409 e. The van der Waals surface area contributed by atoms with Crippen molar-refractivity contribution >= 4 is 19.4 Å². The molecule has 0 aromatic rings. The summed E-state index contributed by atoms with van der Waals surface area (Å²) < 4.78 is 4.65. The fourth-order valence-corrected chi connectivity index (χ4v) is 0. The number of hydrogen-bond donors (Lipinski definition) is 0. The van der Waals surface area contributed by atoms with E-state index in [1.807, 2.05) is 6.55 Å². The van der Waals surface area contributed by atoms with E-state index in [0.29, 0.717) is 0 Å². The summed E-state index contributed by atoms with van der Waals surface area (Å²) >= 11 is 5.38. The molecule has 0 aliphatic heterocycles. The van der Waals surface area contributed by atoms with Crippen molar-refractivity contribution in [3.63, 3.8) is 0 Å². The molecular formula is C4H15ClOSi. The molecule has 0 fully saturated rings. The van der Waals surface area contributed by atoms with E-state index in [-0.39, 0.29) is 14.9 Å². The number of halogens is 1. The Kier molecular flexibility index (Phi) is 21.7. The zero-order valence-electron chi connectivity index (χ0n) is 3.36. The van der Waals surface area contributed by atoms with Crippen molar-refractivity contribution in [2.24, 2.45) is 0 Å². The third-order valence-electron chi connectivity index (χ3n) is 0.325. The lowest BCUT2D eigenvalue weighted by Gasteiger charge is -1.89. The van der Waals surface area contributed by atoms with E-state index in [0.717, 1.165) is 0 Å². The fourth-order valence-electron chi connectivity index (χ4n) is 0. The van der Waals surface area contributed by atoms with Crippen LogP contribution in [0.4, 0.5) is 0 Å². The maximum atomic E-state index is 5.38. The van der Waals surface area contributed by atoms with Crippen LogP contribution in [0.2, 0.25) is 6.55 Å². The SMILES string of the molecule is C.C.CO[SiH](C)Cl. The maximum Gasteiger partial charge on any atom is 0.270 e. The highest BCUT2D eigenvalue weighted by Crippen LogP contribution is 1.83. The van der Waals surface area contributed by atoms with E-state index < -0.39 is 8.35 Å². The quantitative estimate of drug-likeness (QED) is 0.402. The van der Waals surface area contributed by atoms with Gasteiger partial charge in [-0.25, -0.2) is 0 Å². The van der Waals surface area contributed by atoms with Crippen LogP contribution in [0.3, 0.4) is 0 Å². The molecule has 0 saturated heterocycles. The van der Waals surface area contributed by atoms with Crippen molar-refractivity contribution in [3.8, 4) is 0 Å². The van der Waals surface area contributed by atoms with Gasteiger partial charge in [0.25, 0.3) is 8.35 Å². The van der Waals surface area contributed by atoms with Crippen molar-refractivity contribution in [2.45, 2.75) is 21.4 Å². The summed E-state index contributed by atoms with van der Waals surface area (Å²) in [4.78, 5) is 0. The Hall–Kier alpha value is 0.467. The van der Waals surface area contributed by atoms with E-state index in [9.17, 15) is 0 Å². The minimum absolute atomic E-state index is 0. The first-order chi connectivity index (χ1) is 2.27. The van der Waals surface area contributed by atoms with Crippen LogP contribution in [0.5, 0.6) is 0 Å². The topological polar surface area (TPSA) is 9.23 Å². The van der Waals surface area contributed by atoms with Crippen LogP contribution >= 0.6 is 11.1 Å². The zero-order valence-corrected chi connectivity index (χ0v) is 5.27. The van der Waals surface area contributed by atoms with Crippen molar-refractivity contribution in [2.75, 3.05) is 7.11 Å². The Balaban J connectivity index is -0.0000000800. The lowest BCUT2D eigenvalue weighted by Crippen LogP contribution is -1.97. The Bertz CT molecular complexity index is 25.7. The molecule has 3 heteroatoms. The fraction of sp³-hybridized carbons (Fsp3) is 1.00. The zero-order chi connectivity index (χ0) is 4.28. The molecule has 0 heterocycles. The minimum Gasteiger partial charge on any atom is -0.409 e. The first-order valence-electron chi connectivity index (χ1n) is 1.44. The van der Waals surface area contributed by atoms with Crippen LogP contribution in [0.1, 0.15) is 14.9 Å². The second-order valence-corrected chi connectivity index (χ2v) is 4.18. The molecule has 0 bridgehead atoms. The van der Waals surface area contributed by atoms with Gasteiger partial charge in [-0.2, -0.15) is 0 Å². The lowest BCUT2D eigenvalue weighted by molar-refractivity contribution is 0.440. The predicted molar refractivity (Wildman–Crippen MR) is 39.3 cm³/mol. The molecule has 1 atom stereocenters. The first-order valence-corrected chi connectivity index (χ1v) is 4.81. The van der Waals surface area contributed by atoms with Gasteiger partial charge in [-0.15, -0.1) is 11.1 Å². The molecule has 0 rings (SSSR count). The highest BCUT2D eigenvalue weighted by atomic mass is 35.6.